The number of carbonyl (C=O) groups is 1. The summed E-state index contributed by atoms with van der Waals surface area (Å²) in [6.07, 6.45) is 0. The topological polar surface area (TPSA) is 102 Å². The van der Waals surface area contributed by atoms with Crippen LogP contribution < -0.4 is 16.6 Å². The zero-order chi connectivity index (χ0) is 21.4. The van der Waals surface area contributed by atoms with E-state index in [0.717, 1.165) is 15.7 Å². The fourth-order valence-corrected chi connectivity index (χ4v) is 3.30. The number of hydrogen-bond donors (Lipinski definition) is 2. The maximum absolute atomic E-state index is 12.7. The Hall–Kier alpha value is -3.94. The van der Waals surface area contributed by atoms with E-state index in [1.54, 1.807) is 6.92 Å². The molecule has 0 radical (unpaired) electrons. The third-order valence-electron chi connectivity index (χ3n) is 5.18. The van der Waals surface area contributed by atoms with Gasteiger partial charge in [0.15, 0.2) is 5.65 Å². The summed E-state index contributed by atoms with van der Waals surface area (Å²) in [6, 6.07) is 17.5. The fraction of sp³-hybridized carbons (Fsp3) is 0.182. The molecule has 0 saturated heterocycles. The number of aromatic amines is 1. The van der Waals surface area contributed by atoms with E-state index in [1.807, 2.05) is 54.6 Å². The summed E-state index contributed by atoms with van der Waals surface area (Å²) in [4.78, 5) is 44.4. The van der Waals surface area contributed by atoms with Gasteiger partial charge in [-0.15, -0.1) is 0 Å². The summed E-state index contributed by atoms with van der Waals surface area (Å²) >= 11 is 0. The van der Waals surface area contributed by atoms with Crippen LogP contribution >= 0.6 is 0 Å². The van der Waals surface area contributed by atoms with Gasteiger partial charge in [-0.3, -0.25) is 18.7 Å². The zero-order valence-electron chi connectivity index (χ0n) is 16.8. The zero-order valence-corrected chi connectivity index (χ0v) is 16.8. The average Bonchev–Trinajstić information content (AvgIpc) is 3.22. The minimum atomic E-state index is -0.647. The van der Waals surface area contributed by atoms with Crippen LogP contribution in [0.25, 0.3) is 22.3 Å². The Morgan fingerprint density at radius 3 is 2.27 bits per heavy atom. The minimum Gasteiger partial charge on any atom is -0.335 e. The quantitative estimate of drug-likeness (QED) is 0.546. The van der Waals surface area contributed by atoms with E-state index in [0.29, 0.717) is 11.5 Å². The molecule has 8 heteroatoms. The monoisotopic (exact) mass is 403 g/mol. The molecule has 0 saturated carbocycles. The number of H-pyrrole nitrogens is 1. The summed E-state index contributed by atoms with van der Waals surface area (Å²) in [5, 5.41) is 2.86. The second kappa shape index (κ2) is 7.47. The summed E-state index contributed by atoms with van der Waals surface area (Å²) in [7, 11) is 2.94. The molecule has 1 unspecified atom stereocenters. The molecule has 2 aromatic heterocycles. The maximum atomic E-state index is 12.7. The maximum Gasteiger partial charge on any atom is 0.332 e. The fourth-order valence-electron chi connectivity index (χ4n) is 3.30. The number of aromatic nitrogens is 4. The lowest BCUT2D eigenvalue weighted by Crippen LogP contribution is -2.36. The SMILES string of the molecule is CC(C(=O)Nc1ccc(-c2ccccc2)cc1)c1nc2c([nH]1)c(=O)n(C)c(=O)n2C. The van der Waals surface area contributed by atoms with Crippen LogP contribution in [0.1, 0.15) is 18.7 Å². The molecule has 0 fully saturated rings. The van der Waals surface area contributed by atoms with Gasteiger partial charge in [-0.25, -0.2) is 9.78 Å². The summed E-state index contributed by atoms with van der Waals surface area (Å²) in [6.45, 7) is 1.69. The van der Waals surface area contributed by atoms with Crippen LogP contribution in [0.15, 0.2) is 64.2 Å². The number of nitrogens with zero attached hydrogens (tertiary/aromatic N) is 3. The number of carbonyl (C=O) groups excluding carboxylic acids is 1. The second-order valence-electron chi connectivity index (χ2n) is 7.18. The number of anilines is 1. The van der Waals surface area contributed by atoms with Gasteiger partial charge >= 0.3 is 5.69 Å². The van der Waals surface area contributed by atoms with Crippen LogP contribution in [0.5, 0.6) is 0 Å². The van der Waals surface area contributed by atoms with Crippen molar-refractivity contribution in [2.45, 2.75) is 12.8 Å². The Morgan fingerprint density at radius 2 is 1.60 bits per heavy atom. The summed E-state index contributed by atoms with van der Waals surface area (Å²) in [5.41, 5.74) is 2.28. The van der Waals surface area contributed by atoms with Gasteiger partial charge in [-0.2, -0.15) is 0 Å². The standard InChI is InChI=1S/C22H21N5O3/c1-13(18-24-17-19(25-18)26(2)22(30)27(3)21(17)29)20(28)23-16-11-9-15(10-12-16)14-7-5-4-6-8-14/h4-13H,1-3H3,(H,23,28)(H,24,25). The van der Waals surface area contributed by atoms with Gasteiger partial charge in [0.1, 0.15) is 11.3 Å². The van der Waals surface area contributed by atoms with Crippen LogP contribution in [0.2, 0.25) is 0 Å². The molecule has 1 amide bonds. The molecule has 0 aliphatic carbocycles. The average molecular weight is 403 g/mol. The number of hydrogen-bond acceptors (Lipinski definition) is 4. The van der Waals surface area contributed by atoms with E-state index in [2.05, 4.69) is 15.3 Å². The lowest BCUT2D eigenvalue weighted by Gasteiger charge is -2.10. The van der Waals surface area contributed by atoms with Gasteiger partial charge in [-0.05, 0) is 30.2 Å². The van der Waals surface area contributed by atoms with Crippen molar-refractivity contribution >= 4 is 22.8 Å². The molecule has 2 N–H and O–H groups in total. The third kappa shape index (κ3) is 3.32. The van der Waals surface area contributed by atoms with Crippen LogP contribution in [0.3, 0.4) is 0 Å². The summed E-state index contributed by atoms with van der Waals surface area (Å²) in [5.74, 6) is -0.601. The van der Waals surface area contributed by atoms with Gasteiger partial charge in [-0.1, -0.05) is 42.5 Å². The van der Waals surface area contributed by atoms with E-state index in [-0.39, 0.29) is 17.1 Å². The number of imidazole rings is 1. The van der Waals surface area contributed by atoms with Crippen molar-refractivity contribution in [2.24, 2.45) is 14.1 Å². The Balaban J connectivity index is 1.57. The largest absolute Gasteiger partial charge is 0.335 e. The first kappa shape index (κ1) is 19.4. The molecule has 0 spiro atoms. The highest BCUT2D eigenvalue weighted by Crippen LogP contribution is 2.22. The first-order valence-corrected chi connectivity index (χ1v) is 9.49. The number of nitrogens with one attached hydrogen (secondary N) is 2. The lowest BCUT2D eigenvalue weighted by atomic mass is 10.1. The van der Waals surface area contributed by atoms with Crippen molar-refractivity contribution in [1.82, 2.24) is 19.1 Å². The molecular weight excluding hydrogens is 382 g/mol. The van der Waals surface area contributed by atoms with Crippen molar-refractivity contribution < 1.29 is 4.79 Å². The molecule has 4 aromatic rings. The Labute approximate surface area is 171 Å². The first-order valence-electron chi connectivity index (χ1n) is 9.49. The van der Waals surface area contributed by atoms with Crippen LogP contribution in [0.4, 0.5) is 5.69 Å². The number of benzene rings is 2. The van der Waals surface area contributed by atoms with Gasteiger partial charge < -0.3 is 10.3 Å². The normalized spacial score (nSPS) is 12.1. The predicted octanol–water partition coefficient (Wildman–Crippen LogP) is 2.37. The van der Waals surface area contributed by atoms with Crippen molar-refractivity contribution in [2.75, 3.05) is 5.32 Å². The van der Waals surface area contributed by atoms with Crippen molar-refractivity contribution in [1.29, 1.82) is 0 Å². The highest BCUT2D eigenvalue weighted by Gasteiger charge is 2.22. The number of rotatable bonds is 4. The highest BCUT2D eigenvalue weighted by atomic mass is 16.2. The highest BCUT2D eigenvalue weighted by molar-refractivity contribution is 5.95. The third-order valence-corrected chi connectivity index (χ3v) is 5.18. The summed E-state index contributed by atoms with van der Waals surface area (Å²) < 4.78 is 2.28. The van der Waals surface area contributed by atoms with E-state index >= 15 is 0 Å². The van der Waals surface area contributed by atoms with E-state index in [9.17, 15) is 14.4 Å². The van der Waals surface area contributed by atoms with Gasteiger partial charge in [0.25, 0.3) is 5.56 Å². The number of fused-ring (bicyclic) bond motifs is 1. The number of aryl methyl sites for hydroxylation is 1. The molecule has 152 valence electrons. The molecule has 4 rings (SSSR count). The van der Waals surface area contributed by atoms with Gasteiger partial charge in [0.2, 0.25) is 5.91 Å². The molecule has 8 nitrogen and oxygen atoms in total. The van der Waals surface area contributed by atoms with Crippen LogP contribution in [0, 0.1) is 0 Å². The van der Waals surface area contributed by atoms with Crippen molar-refractivity contribution in [3.05, 3.63) is 81.3 Å². The van der Waals surface area contributed by atoms with Gasteiger partial charge in [0.05, 0.1) is 5.92 Å². The molecule has 0 bridgehead atoms. The minimum absolute atomic E-state index is 0.196. The van der Waals surface area contributed by atoms with Gasteiger partial charge in [0, 0.05) is 19.8 Å². The smallest absolute Gasteiger partial charge is 0.332 e. The van der Waals surface area contributed by atoms with Crippen LogP contribution in [-0.4, -0.2) is 25.0 Å². The van der Waals surface area contributed by atoms with E-state index < -0.39 is 17.2 Å². The van der Waals surface area contributed by atoms with E-state index in [4.69, 9.17) is 0 Å². The second-order valence-corrected chi connectivity index (χ2v) is 7.18. The van der Waals surface area contributed by atoms with E-state index in [1.165, 1.54) is 18.7 Å². The lowest BCUT2D eigenvalue weighted by molar-refractivity contribution is -0.117. The Bertz CT molecular complexity index is 1350. The Kier molecular flexibility index (Phi) is 4.83. The molecule has 2 aromatic carbocycles. The molecular formula is C22H21N5O3. The van der Waals surface area contributed by atoms with Crippen molar-refractivity contribution in [3.8, 4) is 11.1 Å². The molecule has 0 aliphatic heterocycles. The predicted molar refractivity (Wildman–Crippen MR) is 115 cm³/mol. The number of amides is 1. The van der Waals surface area contributed by atoms with Crippen LogP contribution in [-0.2, 0) is 18.9 Å². The molecule has 2 heterocycles. The molecule has 1 atom stereocenters. The first-order chi connectivity index (χ1) is 14.4. The Morgan fingerprint density at radius 1 is 0.967 bits per heavy atom. The molecule has 30 heavy (non-hydrogen) atoms. The van der Waals surface area contributed by atoms with Crippen molar-refractivity contribution in [3.63, 3.8) is 0 Å². The molecule has 0 aliphatic rings.